The van der Waals surface area contributed by atoms with Gasteiger partial charge in [-0.2, -0.15) is 10.2 Å². The largest absolute Gasteiger partial charge is 0.506 e. The summed E-state index contributed by atoms with van der Waals surface area (Å²) in [7, 11) is 3.05. The second-order valence-corrected chi connectivity index (χ2v) is 8.54. The minimum absolute atomic E-state index is 0.00958. The summed E-state index contributed by atoms with van der Waals surface area (Å²) in [6, 6.07) is 5.30. The van der Waals surface area contributed by atoms with Crippen molar-refractivity contribution >= 4 is 17.3 Å². The van der Waals surface area contributed by atoms with Gasteiger partial charge in [-0.25, -0.2) is 0 Å². The predicted octanol–water partition coefficient (Wildman–Crippen LogP) is 5.28. The summed E-state index contributed by atoms with van der Waals surface area (Å²) in [6.07, 6.45) is 12.8. The SMILES string of the molecule is C#C/C(=C\C=C/C)NC(=O)CC1=NN=C(c2c(O)c(-c3c(OC)cccc3OC)c(CCCC)[nH]c2=O)C1.CC. The molecule has 1 aromatic carbocycles. The highest BCUT2D eigenvalue weighted by Crippen LogP contribution is 2.45. The zero-order chi connectivity index (χ0) is 29.7. The number of rotatable bonds is 11. The minimum atomic E-state index is -0.491. The number of ether oxygens (including phenoxy) is 2. The molecule has 1 aliphatic heterocycles. The summed E-state index contributed by atoms with van der Waals surface area (Å²) in [6.45, 7) is 7.88. The van der Waals surface area contributed by atoms with Crippen molar-refractivity contribution in [2.75, 3.05) is 14.2 Å². The third-order valence-corrected chi connectivity index (χ3v) is 5.95. The first-order valence-corrected chi connectivity index (χ1v) is 13.3. The highest BCUT2D eigenvalue weighted by Gasteiger charge is 2.28. The lowest BCUT2D eigenvalue weighted by Gasteiger charge is -2.19. The normalized spacial score (nSPS) is 12.7. The van der Waals surface area contributed by atoms with Gasteiger partial charge in [0.05, 0.1) is 48.9 Å². The highest BCUT2D eigenvalue weighted by molar-refractivity contribution is 6.19. The van der Waals surface area contributed by atoms with E-state index in [2.05, 4.69) is 26.4 Å². The lowest BCUT2D eigenvalue weighted by Crippen LogP contribution is -2.26. The summed E-state index contributed by atoms with van der Waals surface area (Å²) >= 11 is 0. The summed E-state index contributed by atoms with van der Waals surface area (Å²) < 4.78 is 11.2. The van der Waals surface area contributed by atoms with Gasteiger partial charge < -0.3 is 24.9 Å². The van der Waals surface area contributed by atoms with E-state index in [0.717, 1.165) is 12.8 Å². The third kappa shape index (κ3) is 7.50. The first-order chi connectivity index (χ1) is 19.4. The van der Waals surface area contributed by atoms with Crippen molar-refractivity contribution in [2.24, 2.45) is 10.2 Å². The Hall–Kier alpha value is -4.58. The maximum atomic E-state index is 13.2. The van der Waals surface area contributed by atoms with Crippen molar-refractivity contribution in [1.82, 2.24) is 10.3 Å². The molecular formula is C31H38N4O5. The summed E-state index contributed by atoms with van der Waals surface area (Å²) in [5.74, 6) is 2.77. The van der Waals surface area contributed by atoms with E-state index >= 15 is 0 Å². The number of unbranched alkanes of at least 4 members (excludes halogenated alkanes) is 1. The zero-order valence-corrected chi connectivity index (χ0v) is 24.1. The van der Waals surface area contributed by atoms with Crippen LogP contribution in [0, 0.1) is 12.3 Å². The number of terminal acetylenes is 1. The third-order valence-electron chi connectivity index (χ3n) is 5.95. The first-order valence-electron chi connectivity index (χ1n) is 13.3. The molecule has 2 heterocycles. The summed E-state index contributed by atoms with van der Waals surface area (Å²) in [5.41, 5.74) is 2.00. The van der Waals surface area contributed by atoms with Crippen molar-refractivity contribution in [2.45, 2.75) is 59.8 Å². The number of nitrogens with one attached hydrogen (secondary N) is 2. The number of aromatic nitrogens is 1. The maximum Gasteiger partial charge on any atom is 0.261 e. The van der Waals surface area contributed by atoms with E-state index in [4.69, 9.17) is 15.9 Å². The van der Waals surface area contributed by atoms with Gasteiger partial charge in [-0.05, 0) is 38.0 Å². The fraction of sp³-hybridized carbons (Fsp3) is 0.355. The van der Waals surface area contributed by atoms with Crippen LogP contribution in [0.1, 0.15) is 64.6 Å². The predicted molar refractivity (Wildman–Crippen MR) is 160 cm³/mol. The topological polar surface area (TPSA) is 125 Å². The van der Waals surface area contributed by atoms with E-state index in [1.165, 1.54) is 14.2 Å². The maximum absolute atomic E-state index is 13.2. The van der Waals surface area contributed by atoms with E-state index in [1.54, 1.807) is 36.4 Å². The second kappa shape index (κ2) is 15.7. The lowest BCUT2D eigenvalue weighted by atomic mass is 9.93. The first kappa shape index (κ1) is 31.6. The number of carbonyl (C=O) groups excluding carboxylic acids is 1. The van der Waals surface area contributed by atoms with Gasteiger partial charge in [-0.1, -0.05) is 51.3 Å². The zero-order valence-electron chi connectivity index (χ0n) is 24.1. The molecule has 0 bridgehead atoms. The van der Waals surface area contributed by atoms with Crippen molar-refractivity contribution in [3.05, 3.63) is 63.7 Å². The van der Waals surface area contributed by atoms with Gasteiger partial charge in [0.1, 0.15) is 22.8 Å². The molecule has 0 spiro atoms. The van der Waals surface area contributed by atoms with Crippen molar-refractivity contribution in [3.63, 3.8) is 0 Å². The number of pyridine rings is 1. The molecule has 0 radical (unpaired) electrons. The molecule has 0 saturated carbocycles. The molecule has 1 aromatic heterocycles. The van der Waals surface area contributed by atoms with Gasteiger partial charge in [0.15, 0.2) is 0 Å². The Bertz CT molecular complexity index is 1400. The van der Waals surface area contributed by atoms with Gasteiger partial charge in [-0.3, -0.25) is 9.59 Å². The molecule has 0 atom stereocenters. The molecule has 1 amide bonds. The van der Waals surface area contributed by atoms with Crippen LogP contribution < -0.4 is 20.3 Å². The van der Waals surface area contributed by atoms with E-state index < -0.39 is 5.56 Å². The van der Waals surface area contributed by atoms with Gasteiger partial charge in [-0.15, -0.1) is 6.42 Å². The fourth-order valence-corrected chi connectivity index (χ4v) is 4.14. The Balaban J connectivity index is 0.00000274. The number of benzene rings is 1. The van der Waals surface area contributed by atoms with Crippen LogP contribution >= 0.6 is 0 Å². The fourth-order valence-electron chi connectivity index (χ4n) is 4.14. The molecule has 212 valence electrons. The van der Waals surface area contributed by atoms with E-state index in [1.807, 2.05) is 27.7 Å². The molecule has 9 nitrogen and oxygen atoms in total. The average Bonchev–Trinajstić information content (AvgIpc) is 3.42. The van der Waals surface area contributed by atoms with Crippen molar-refractivity contribution < 1.29 is 19.4 Å². The van der Waals surface area contributed by atoms with Crippen molar-refractivity contribution in [1.29, 1.82) is 0 Å². The van der Waals surface area contributed by atoms with Crippen LogP contribution in [0.25, 0.3) is 11.1 Å². The number of amides is 1. The number of methoxy groups -OCH3 is 2. The smallest absolute Gasteiger partial charge is 0.261 e. The van der Waals surface area contributed by atoms with Crippen LogP contribution in [0.2, 0.25) is 0 Å². The molecule has 2 aromatic rings. The standard InChI is InChI=1S/C29H32N4O5.C2H6/c1-6-9-12-18(8-3)30-24(34)17-19-16-21(33-32-19)26-28(35)25(20(13-10-7-2)31-29(26)36)27-22(37-4)14-11-15-23(27)38-5;1-2/h3,6,9,11-12,14-15H,7,10,13,16-17H2,1-2,4-5H3,(H,30,34)(H2,31,35,36);1-2H3/b9-6-,18-12+;. The van der Waals surface area contributed by atoms with Crippen LogP contribution in [0.15, 0.2) is 57.1 Å². The number of aromatic hydroxyl groups is 1. The van der Waals surface area contributed by atoms with Gasteiger partial charge in [0.25, 0.3) is 5.56 Å². The van der Waals surface area contributed by atoms with Gasteiger partial charge in [0.2, 0.25) is 5.91 Å². The molecule has 0 unspecified atom stereocenters. The number of aromatic amines is 1. The average molecular weight is 547 g/mol. The number of nitrogens with zero attached hydrogens (tertiary/aromatic N) is 2. The molecule has 3 rings (SSSR count). The van der Waals surface area contributed by atoms with E-state index in [9.17, 15) is 14.7 Å². The van der Waals surface area contributed by atoms with E-state index in [0.29, 0.717) is 46.1 Å². The molecule has 0 fully saturated rings. The van der Waals surface area contributed by atoms with Crippen LogP contribution in [0.4, 0.5) is 0 Å². The number of aryl methyl sites for hydroxylation is 1. The molecule has 9 heteroatoms. The number of carbonyl (C=O) groups is 1. The second-order valence-electron chi connectivity index (χ2n) is 8.54. The summed E-state index contributed by atoms with van der Waals surface area (Å²) in [4.78, 5) is 28.6. The molecule has 0 saturated heterocycles. The number of allylic oxidation sites excluding steroid dienone is 4. The van der Waals surface area contributed by atoms with Gasteiger partial charge in [0, 0.05) is 12.1 Å². The minimum Gasteiger partial charge on any atom is -0.506 e. The Kier molecular flexibility index (Phi) is 12.4. The number of H-pyrrole nitrogens is 1. The molecule has 1 aliphatic rings. The van der Waals surface area contributed by atoms with E-state index in [-0.39, 0.29) is 35.8 Å². The Morgan fingerprint density at radius 3 is 2.42 bits per heavy atom. The lowest BCUT2D eigenvalue weighted by molar-refractivity contribution is -0.119. The Morgan fingerprint density at radius 1 is 1.18 bits per heavy atom. The van der Waals surface area contributed by atoms with Gasteiger partial charge >= 0.3 is 0 Å². The Labute approximate surface area is 235 Å². The quantitative estimate of drug-likeness (QED) is 0.261. The molecule has 3 N–H and O–H groups in total. The van der Waals surface area contributed by atoms with Crippen molar-refractivity contribution in [3.8, 4) is 40.7 Å². The molecule has 0 aliphatic carbocycles. The molecule has 40 heavy (non-hydrogen) atoms. The monoisotopic (exact) mass is 546 g/mol. The number of hydrogen-bond donors (Lipinski definition) is 3. The van der Waals surface area contributed by atoms with Crippen LogP contribution in [-0.2, 0) is 11.2 Å². The molecular weight excluding hydrogens is 508 g/mol. The highest BCUT2D eigenvalue weighted by atomic mass is 16.5. The van der Waals surface area contributed by atoms with Crippen LogP contribution in [-0.4, -0.2) is 41.6 Å². The number of hydrogen-bond acceptors (Lipinski definition) is 7. The summed E-state index contributed by atoms with van der Waals surface area (Å²) in [5, 5.41) is 22.4. The van der Waals surface area contributed by atoms with Crippen LogP contribution in [0.5, 0.6) is 17.2 Å². The Morgan fingerprint density at radius 2 is 1.85 bits per heavy atom. The van der Waals surface area contributed by atoms with Crippen LogP contribution in [0.3, 0.4) is 0 Å².